The van der Waals surface area contributed by atoms with Crippen molar-refractivity contribution in [1.82, 2.24) is 4.98 Å². The Hall–Kier alpha value is -2.06. The van der Waals surface area contributed by atoms with Gasteiger partial charge in [-0.25, -0.2) is 4.39 Å². The van der Waals surface area contributed by atoms with Crippen LogP contribution in [0.3, 0.4) is 0 Å². The molecule has 0 saturated carbocycles. The minimum Gasteiger partial charge on any atom is -0.493 e. The van der Waals surface area contributed by atoms with Gasteiger partial charge in [-0.2, -0.15) is 0 Å². The highest BCUT2D eigenvalue weighted by Gasteiger charge is 2.34. The lowest BCUT2D eigenvalue weighted by atomic mass is 10.2. The fraction of sp³-hybridized carbons (Fsp3) is 0.500. The maximum Gasteiger partial charge on any atom is 0.573 e. The molecule has 21 heavy (non-hydrogen) atoms. The predicted octanol–water partition coefficient (Wildman–Crippen LogP) is 2.56. The molecule has 0 aromatic carbocycles. The second kappa shape index (κ2) is 7.09. The third kappa shape index (κ3) is 5.09. The molecule has 0 unspecified atom stereocenters. The van der Waals surface area contributed by atoms with Gasteiger partial charge in [-0.3, -0.25) is 9.78 Å². The summed E-state index contributed by atoms with van der Waals surface area (Å²) in [6.07, 6.45) is -5.33. The van der Waals surface area contributed by atoms with Crippen molar-refractivity contribution in [2.45, 2.75) is 26.4 Å². The Bertz CT molecular complexity index is 480. The van der Waals surface area contributed by atoms with Crippen LogP contribution >= 0.6 is 0 Å². The van der Waals surface area contributed by atoms with Gasteiger partial charge >= 0.3 is 12.3 Å². The van der Waals surface area contributed by atoms with Crippen LogP contribution < -0.4 is 9.47 Å². The van der Waals surface area contributed by atoms with Gasteiger partial charge in [-0.15, -0.1) is 13.2 Å². The molecule has 0 spiro atoms. The van der Waals surface area contributed by atoms with Gasteiger partial charge in [0.1, 0.15) is 12.4 Å². The zero-order valence-electron chi connectivity index (χ0n) is 11.3. The molecule has 0 atom stereocenters. The number of carbonyl (C=O) groups excluding carboxylic acids is 1. The summed E-state index contributed by atoms with van der Waals surface area (Å²) in [5.41, 5.74) is -0.585. The second-order valence-corrected chi connectivity index (χ2v) is 3.75. The largest absolute Gasteiger partial charge is 0.573 e. The molecule has 0 aliphatic heterocycles. The third-order valence-corrected chi connectivity index (χ3v) is 2.26. The SMILES string of the molecule is CCOC(=O)Cc1cc(OC)c(OC(F)(F)F)c(CF)n1. The molecule has 1 aromatic heterocycles. The van der Waals surface area contributed by atoms with Crippen LogP contribution in [-0.4, -0.2) is 31.0 Å². The van der Waals surface area contributed by atoms with Gasteiger partial charge in [-0.1, -0.05) is 0 Å². The Morgan fingerprint density at radius 2 is 2.05 bits per heavy atom. The summed E-state index contributed by atoms with van der Waals surface area (Å²) in [5, 5.41) is 0. The van der Waals surface area contributed by atoms with Crippen LogP contribution in [0.15, 0.2) is 6.07 Å². The molecule has 0 saturated heterocycles. The molecule has 5 nitrogen and oxygen atoms in total. The molecule has 9 heteroatoms. The summed E-state index contributed by atoms with van der Waals surface area (Å²) in [4.78, 5) is 14.9. The van der Waals surface area contributed by atoms with Crippen molar-refractivity contribution < 1.29 is 36.6 Å². The first kappa shape index (κ1) is 17.0. The first-order valence-electron chi connectivity index (χ1n) is 5.84. The summed E-state index contributed by atoms with van der Waals surface area (Å²) < 4.78 is 62.8. The number of pyridine rings is 1. The Kier molecular flexibility index (Phi) is 5.74. The van der Waals surface area contributed by atoms with E-state index in [4.69, 9.17) is 4.74 Å². The maximum atomic E-state index is 12.9. The summed E-state index contributed by atoms with van der Waals surface area (Å²) in [6, 6.07) is 1.07. The van der Waals surface area contributed by atoms with Gasteiger partial charge < -0.3 is 14.2 Å². The number of halogens is 4. The first-order valence-corrected chi connectivity index (χ1v) is 5.84. The van der Waals surface area contributed by atoms with Crippen molar-refractivity contribution in [2.75, 3.05) is 13.7 Å². The standard InChI is InChI=1S/C12H13F4NO4/c1-3-20-10(18)5-7-4-9(19-2)11(8(6-13)17-7)21-12(14,15)16/h4H,3,5-6H2,1-2H3. The molecule has 0 aliphatic rings. The van der Waals surface area contributed by atoms with E-state index in [0.29, 0.717) is 0 Å². The number of methoxy groups -OCH3 is 1. The molecule has 0 N–H and O–H groups in total. The average molecular weight is 311 g/mol. The highest BCUT2D eigenvalue weighted by molar-refractivity contribution is 5.72. The third-order valence-electron chi connectivity index (χ3n) is 2.26. The molecule has 0 fully saturated rings. The number of rotatable bonds is 6. The van der Waals surface area contributed by atoms with Crippen molar-refractivity contribution in [3.63, 3.8) is 0 Å². The van der Waals surface area contributed by atoms with E-state index in [1.807, 2.05) is 0 Å². The minimum absolute atomic E-state index is 0.0208. The van der Waals surface area contributed by atoms with E-state index in [2.05, 4.69) is 14.5 Å². The summed E-state index contributed by atoms with van der Waals surface area (Å²) in [7, 11) is 1.09. The Morgan fingerprint density at radius 3 is 2.52 bits per heavy atom. The number of nitrogens with zero attached hydrogens (tertiary/aromatic N) is 1. The number of hydrogen-bond acceptors (Lipinski definition) is 5. The number of ether oxygens (including phenoxy) is 3. The summed E-state index contributed by atoms with van der Waals surface area (Å²) in [5.74, 6) is -1.87. The molecule has 0 bridgehead atoms. The van der Waals surface area contributed by atoms with Crippen LogP contribution in [0.25, 0.3) is 0 Å². The van der Waals surface area contributed by atoms with E-state index in [0.717, 1.165) is 13.2 Å². The number of alkyl halides is 4. The second-order valence-electron chi connectivity index (χ2n) is 3.75. The van der Waals surface area contributed by atoms with Gasteiger partial charge in [0.15, 0.2) is 11.5 Å². The van der Waals surface area contributed by atoms with Gasteiger partial charge in [0.25, 0.3) is 0 Å². The number of hydrogen-bond donors (Lipinski definition) is 0. The predicted molar refractivity (Wildman–Crippen MR) is 62.6 cm³/mol. The minimum atomic E-state index is -5.01. The number of carbonyl (C=O) groups is 1. The van der Waals surface area contributed by atoms with Crippen LogP contribution in [0.4, 0.5) is 17.6 Å². The summed E-state index contributed by atoms with van der Waals surface area (Å²) >= 11 is 0. The molecule has 1 aromatic rings. The zero-order valence-corrected chi connectivity index (χ0v) is 11.3. The van der Waals surface area contributed by atoms with Gasteiger partial charge in [0.05, 0.1) is 25.8 Å². The Balaban J connectivity index is 3.14. The zero-order chi connectivity index (χ0) is 16.0. The van der Waals surface area contributed by atoms with E-state index < -0.39 is 30.4 Å². The molecule has 0 aliphatic carbocycles. The molecule has 1 rings (SSSR count). The lowest BCUT2D eigenvalue weighted by Gasteiger charge is -2.15. The highest BCUT2D eigenvalue weighted by Crippen LogP contribution is 2.35. The van der Waals surface area contributed by atoms with Crippen LogP contribution in [0.5, 0.6) is 11.5 Å². The molecule has 1 heterocycles. The Labute approximate surface area is 117 Å². The maximum absolute atomic E-state index is 12.9. The molecule has 0 amide bonds. The van der Waals surface area contributed by atoms with E-state index in [1.165, 1.54) is 0 Å². The fourth-order valence-corrected chi connectivity index (χ4v) is 1.53. The van der Waals surface area contributed by atoms with E-state index in [9.17, 15) is 22.4 Å². The topological polar surface area (TPSA) is 57.7 Å². The van der Waals surface area contributed by atoms with Crippen molar-refractivity contribution in [2.24, 2.45) is 0 Å². The van der Waals surface area contributed by atoms with Crippen LogP contribution in [-0.2, 0) is 22.6 Å². The first-order chi connectivity index (χ1) is 9.80. The highest BCUT2D eigenvalue weighted by atomic mass is 19.4. The molecule has 0 radical (unpaired) electrons. The van der Waals surface area contributed by atoms with Gasteiger partial charge in [-0.05, 0) is 6.92 Å². The van der Waals surface area contributed by atoms with E-state index >= 15 is 0 Å². The van der Waals surface area contributed by atoms with Crippen LogP contribution in [0.1, 0.15) is 18.3 Å². The van der Waals surface area contributed by atoms with E-state index in [1.54, 1.807) is 6.92 Å². The monoisotopic (exact) mass is 311 g/mol. The molecular weight excluding hydrogens is 298 g/mol. The smallest absolute Gasteiger partial charge is 0.493 e. The van der Waals surface area contributed by atoms with Crippen molar-refractivity contribution in [3.05, 3.63) is 17.5 Å². The van der Waals surface area contributed by atoms with Crippen LogP contribution in [0, 0.1) is 0 Å². The van der Waals surface area contributed by atoms with Crippen molar-refractivity contribution in [1.29, 1.82) is 0 Å². The molecular formula is C12H13F4NO4. The lowest BCUT2D eigenvalue weighted by Crippen LogP contribution is -2.19. The quantitative estimate of drug-likeness (QED) is 0.597. The van der Waals surface area contributed by atoms with Crippen LogP contribution in [0.2, 0.25) is 0 Å². The van der Waals surface area contributed by atoms with Crippen molar-refractivity contribution >= 4 is 5.97 Å². The summed E-state index contributed by atoms with van der Waals surface area (Å²) in [6.45, 7) is 0.429. The fourth-order valence-electron chi connectivity index (χ4n) is 1.53. The number of esters is 1. The lowest BCUT2D eigenvalue weighted by molar-refractivity contribution is -0.275. The molecule has 118 valence electrons. The number of aromatic nitrogens is 1. The van der Waals surface area contributed by atoms with Gasteiger partial charge in [0.2, 0.25) is 0 Å². The van der Waals surface area contributed by atoms with Crippen molar-refractivity contribution in [3.8, 4) is 11.5 Å². The Morgan fingerprint density at radius 1 is 1.38 bits per heavy atom. The van der Waals surface area contributed by atoms with Gasteiger partial charge in [0, 0.05) is 6.07 Å². The van der Waals surface area contributed by atoms with E-state index in [-0.39, 0.29) is 24.5 Å². The normalized spacial score (nSPS) is 11.1. The average Bonchev–Trinajstić information content (AvgIpc) is 2.38.